The molecule has 1 fully saturated rings. The summed E-state index contributed by atoms with van der Waals surface area (Å²) < 4.78 is 24.9. The van der Waals surface area contributed by atoms with Gasteiger partial charge in [-0.2, -0.15) is 0 Å². The first-order chi connectivity index (χ1) is 11.9. The zero-order chi connectivity index (χ0) is 18.3. The molecule has 25 heavy (non-hydrogen) atoms. The van der Waals surface area contributed by atoms with Crippen LogP contribution in [0.5, 0.6) is 0 Å². The Morgan fingerprint density at radius 1 is 1.08 bits per heavy atom. The molecule has 1 amide bonds. The first kappa shape index (κ1) is 19.9. The molecule has 0 aromatic heterocycles. The maximum atomic E-state index is 12.3. The van der Waals surface area contributed by atoms with E-state index in [0.29, 0.717) is 13.1 Å². The van der Waals surface area contributed by atoms with Crippen molar-refractivity contribution in [2.75, 3.05) is 52.6 Å². The number of hydrogen-bond donors (Lipinski definition) is 0. The SMILES string of the molecule is CN(C)S(=O)(=O)CC(=O)N1CCCN(CCCc2ccccc2)CC1. The molecule has 0 N–H and O–H groups in total. The standard InChI is InChI=1S/C18H29N3O3S/c1-19(2)25(23,24)16-18(22)21-13-7-12-20(14-15-21)11-6-10-17-8-4-3-5-9-17/h3-5,8-9H,6-7,10-16H2,1-2H3. The molecule has 0 radical (unpaired) electrons. The van der Waals surface area contributed by atoms with E-state index in [1.54, 1.807) is 4.90 Å². The highest BCUT2D eigenvalue weighted by atomic mass is 32.2. The zero-order valence-corrected chi connectivity index (χ0v) is 16.0. The Morgan fingerprint density at radius 2 is 1.80 bits per heavy atom. The van der Waals surface area contributed by atoms with Crippen LogP contribution in [0.15, 0.2) is 30.3 Å². The molecule has 2 rings (SSSR count). The Morgan fingerprint density at radius 3 is 2.48 bits per heavy atom. The summed E-state index contributed by atoms with van der Waals surface area (Å²) >= 11 is 0. The van der Waals surface area contributed by atoms with Crippen LogP contribution in [0.4, 0.5) is 0 Å². The minimum atomic E-state index is -3.49. The Kier molecular flexibility index (Phi) is 7.40. The lowest BCUT2D eigenvalue weighted by Crippen LogP contribution is -2.41. The van der Waals surface area contributed by atoms with Gasteiger partial charge in [-0.15, -0.1) is 0 Å². The fourth-order valence-corrected chi connectivity index (χ4v) is 3.72. The van der Waals surface area contributed by atoms with Gasteiger partial charge in [0.15, 0.2) is 0 Å². The van der Waals surface area contributed by atoms with Crippen LogP contribution in [0.2, 0.25) is 0 Å². The first-order valence-electron chi connectivity index (χ1n) is 8.83. The average Bonchev–Trinajstić information content (AvgIpc) is 2.81. The minimum Gasteiger partial charge on any atom is -0.340 e. The van der Waals surface area contributed by atoms with Gasteiger partial charge < -0.3 is 9.80 Å². The molecule has 0 bridgehead atoms. The topological polar surface area (TPSA) is 60.9 Å². The number of rotatable bonds is 7. The highest BCUT2D eigenvalue weighted by Crippen LogP contribution is 2.08. The molecule has 1 aromatic rings. The van der Waals surface area contributed by atoms with Crippen molar-refractivity contribution < 1.29 is 13.2 Å². The van der Waals surface area contributed by atoms with E-state index in [2.05, 4.69) is 29.2 Å². The van der Waals surface area contributed by atoms with Crippen LogP contribution in [-0.4, -0.2) is 81.0 Å². The van der Waals surface area contributed by atoms with Crippen molar-refractivity contribution in [2.24, 2.45) is 0 Å². The van der Waals surface area contributed by atoms with Gasteiger partial charge in [0.05, 0.1) is 0 Å². The minimum absolute atomic E-state index is 0.292. The number of carbonyl (C=O) groups excluding carboxylic acids is 1. The molecule has 0 unspecified atom stereocenters. The normalized spacial score (nSPS) is 16.8. The van der Waals surface area contributed by atoms with Gasteiger partial charge in [0, 0.05) is 33.7 Å². The summed E-state index contributed by atoms with van der Waals surface area (Å²) in [4.78, 5) is 16.3. The number of amides is 1. The van der Waals surface area contributed by atoms with Crippen LogP contribution in [0, 0.1) is 0 Å². The van der Waals surface area contributed by atoms with Gasteiger partial charge in [-0.1, -0.05) is 30.3 Å². The predicted octanol–water partition coefficient (Wildman–Crippen LogP) is 1.04. The van der Waals surface area contributed by atoms with E-state index in [-0.39, 0.29) is 5.91 Å². The second-order valence-electron chi connectivity index (χ2n) is 6.70. The summed E-state index contributed by atoms with van der Waals surface area (Å²) in [5, 5.41) is 0. The van der Waals surface area contributed by atoms with E-state index in [4.69, 9.17) is 0 Å². The molecule has 1 aliphatic rings. The summed E-state index contributed by atoms with van der Waals surface area (Å²) in [7, 11) is -0.573. The zero-order valence-electron chi connectivity index (χ0n) is 15.2. The van der Waals surface area contributed by atoms with Crippen molar-refractivity contribution in [1.29, 1.82) is 0 Å². The van der Waals surface area contributed by atoms with Crippen LogP contribution in [0.3, 0.4) is 0 Å². The van der Waals surface area contributed by atoms with Crippen molar-refractivity contribution >= 4 is 15.9 Å². The largest absolute Gasteiger partial charge is 0.340 e. The van der Waals surface area contributed by atoms with Crippen LogP contribution in [0.1, 0.15) is 18.4 Å². The molecule has 1 saturated heterocycles. The summed E-state index contributed by atoms with van der Waals surface area (Å²) in [5.74, 6) is -0.728. The molecule has 0 atom stereocenters. The number of sulfonamides is 1. The van der Waals surface area contributed by atoms with E-state index in [1.165, 1.54) is 19.7 Å². The van der Waals surface area contributed by atoms with Crippen LogP contribution < -0.4 is 0 Å². The molecular formula is C18H29N3O3S. The molecule has 7 heteroatoms. The van der Waals surface area contributed by atoms with Gasteiger partial charge in [-0.3, -0.25) is 4.79 Å². The molecule has 1 heterocycles. The first-order valence-corrected chi connectivity index (χ1v) is 10.4. The fraction of sp³-hybridized carbons (Fsp3) is 0.611. The monoisotopic (exact) mass is 367 g/mol. The third-order valence-electron chi connectivity index (χ3n) is 4.59. The van der Waals surface area contributed by atoms with E-state index in [1.807, 2.05) is 6.07 Å². The summed E-state index contributed by atoms with van der Waals surface area (Å²) in [6.07, 6.45) is 3.03. The molecular weight excluding hydrogens is 338 g/mol. The van der Waals surface area contributed by atoms with E-state index in [9.17, 15) is 13.2 Å². The number of benzene rings is 1. The van der Waals surface area contributed by atoms with E-state index >= 15 is 0 Å². The second kappa shape index (κ2) is 9.31. The molecule has 6 nitrogen and oxygen atoms in total. The van der Waals surface area contributed by atoms with E-state index < -0.39 is 15.8 Å². The number of carbonyl (C=O) groups is 1. The summed E-state index contributed by atoms with van der Waals surface area (Å²) in [6.45, 7) is 4.01. The maximum Gasteiger partial charge on any atom is 0.239 e. The van der Waals surface area contributed by atoms with Crippen LogP contribution in [-0.2, 0) is 21.2 Å². The Hall–Kier alpha value is -1.44. The quantitative estimate of drug-likeness (QED) is 0.723. The number of aryl methyl sites for hydroxylation is 1. The Labute approximate surface area is 151 Å². The summed E-state index contributed by atoms with van der Waals surface area (Å²) in [6, 6.07) is 10.4. The summed E-state index contributed by atoms with van der Waals surface area (Å²) in [5.41, 5.74) is 1.35. The van der Waals surface area contributed by atoms with Crippen molar-refractivity contribution in [3.63, 3.8) is 0 Å². The second-order valence-corrected chi connectivity index (χ2v) is 8.89. The smallest absolute Gasteiger partial charge is 0.239 e. The predicted molar refractivity (Wildman–Crippen MR) is 99.9 cm³/mol. The lowest BCUT2D eigenvalue weighted by atomic mass is 10.1. The van der Waals surface area contributed by atoms with Gasteiger partial charge in [-0.25, -0.2) is 12.7 Å². The molecule has 0 spiro atoms. The number of hydrogen-bond acceptors (Lipinski definition) is 4. The van der Waals surface area contributed by atoms with Gasteiger partial charge >= 0.3 is 0 Å². The van der Waals surface area contributed by atoms with Crippen molar-refractivity contribution in [2.45, 2.75) is 19.3 Å². The average molecular weight is 368 g/mol. The molecule has 1 aromatic carbocycles. The highest BCUT2D eigenvalue weighted by Gasteiger charge is 2.25. The maximum absolute atomic E-state index is 12.3. The Bertz CT molecular complexity index is 647. The van der Waals surface area contributed by atoms with Gasteiger partial charge in [0.2, 0.25) is 15.9 Å². The van der Waals surface area contributed by atoms with E-state index in [0.717, 1.165) is 43.2 Å². The highest BCUT2D eigenvalue weighted by molar-refractivity contribution is 7.89. The third kappa shape index (κ3) is 6.41. The van der Waals surface area contributed by atoms with Gasteiger partial charge in [-0.05, 0) is 37.9 Å². The third-order valence-corrected chi connectivity index (χ3v) is 6.31. The number of nitrogens with zero attached hydrogens (tertiary/aromatic N) is 3. The van der Waals surface area contributed by atoms with Crippen molar-refractivity contribution in [3.05, 3.63) is 35.9 Å². The van der Waals surface area contributed by atoms with Crippen molar-refractivity contribution in [3.8, 4) is 0 Å². The van der Waals surface area contributed by atoms with Gasteiger partial charge in [0.25, 0.3) is 0 Å². The lowest BCUT2D eigenvalue weighted by Gasteiger charge is -2.22. The molecule has 140 valence electrons. The molecule has 0 aliphatic carbocycles. The lowest BCUT2D eigenvalue weighted by molar-refractivity contribution is -0.128. The van der Waals surface area contributed by atoms with Crippen LogP contribution >= 0.6 is 0 Å². The fourth-order valence-electron chi connectivity index (χ4n) is 2.97. The van der Waals surface area contributed by atoms with Gasteiger partial charge in [0.1, 0.15) is 5.75 Å². The molecule has 1 aliphatic heterocycles. The molecule has 0 saturated carbocycles. The van der Waals surface area contributed by atoms with Crippen molar-refractivity contribution in [1.82, 2.24) is 14.1 Å². The van der Waals surface area contributed by atoms with Crippen LogP contribution in [0.25, 0.3) is 0 Å². The Balaban J connectivity index is 1.76.